The van der Waals surface area contributed by atoms with Crippen LogP contribution in [0.2, 0.25) is 0 Å². The van der Waals surface area contributed by atoms with Crippen molar-refractivity contribution in [1.82, 2.24) is 15.2 Å². The molecule has 0 amide bonds. The number of rotatable bonds is 4. The number of pyridine rings is 1. The topological polar surface area (TPSA) is 28.2 Å². The first-order valence-electron chi connectivity index (χ1n) is 7.50. The lowest BCUT2D eigenvalue weighted by Gasteiger charge is -2.42. The van der Waals surface area contributed by atoms with Crippen molar-refractivity contribution in [2.24, 2.45) is 5.92 Å². The SMILES string of the molecule is CCC1CN(Cc2cccc(C)n2)C(C(C)C)CN1. The average molecular weight is 261 g/mol. The van der Waals surface area contributed by atoms with Gasteiger partial charge < -0.3 is 5.32 Å². The molecule has 0 aromatic carbocycles. The molecule has 0 aliphatic carbocycles. The van der Waals surface area contributed by atoms with E-state index in [1.807, 2.05) is 0 Å². The highest BCUT2D eigenvalue weighted by molar-refractivity contribution is 5.10. The summed E-state index contributed by atoms with van der Waals surface area (Å²) in [6.45, 7) is 12.2. The highest BCUT2D eigenvalue weighted by atomic mass is 15.2. The Kier molecular flexibility index (Phi) is 4.94. The number of aryl methyl sites for hydroxylation is 1. The molecular formula is C16H27N3. The lowest BCUT2D eigenvalue weighted by Crippen LogP contribution is -2.57. The van der Waals surface area contributed by atoms with E-state index in [9.17, 15) is 0 Å². The summed E-state index contributed by atoms with van der Waals surface area (Å²) < 4.78 is 0. The third-order valence-electron chi connectivity index (χ3n) is 4.11. The Bertz CT molecular complexity index is 403. The maximum atomic E-state index is 4.65. The smallest absolute Gasteiger partial charge is 0.0547 e. The summed E-state index contributed by atoms with van der Waals surface area (Å²) >= 11 is 0. The van der Waals surface area contributed by atoms with Crippen LogP contribution in [0, 0.1) is 12.8 Å². The zero-order valence-electron chi connectivity index (χ0n) is 12.7. The van der Waals surface area contributed by atoms with Crippen LogP contribution in [0.5, 0.6) is 0 Å². The van der Waals surface area contributed by atoms with Gasteiger partial charge in [0.2, 0.25) is 0 Å². The highest BCUT2D eigenvalue weighted by Gasteiger charge is 2.29. The molecule has 2 atom stereocenters. The number of piperazine rings is 1. The summed E-state index contributed by atoms with van der Waals surface area (Å²) in [5, 5.41) is 3.67. The highest BCUT2D eigenvalue weighted by Crippen LogP contribution is 2.18. The lowest BCUT2D eigenvalue weighted by atomic mass is 9.97. The van der Waals surface area contributed by atoms with Gasteiger partial charge in [-0.3, -0.25) is 9.88 Å². The Hall–Kier alpha value is -0.930. The molecule has 2 unspecified atom stereocenters. The van der Waals surface area contributed by atoms with E-state index in [2.05, 4.69) is 61.1 Å². The molecule has 0 bridgehead atoms. The second-order valence-electron chi connectivity index (χ2n) is 6.02. The van der Waals surface area contributed by atoms with Crippen molar-refractivity contribution in [3.8, 4) is 0 Å². The van der Waals surface area contributed by atoms with Gasteiger partial charge >= 0.3 is 0 Å². The molecule has 1 aliphatic heterocycles. The van der Waals surface area contributed by atoms with E-state index in [4.69, 9.17) is 0 Å². The number of nitrogens with one attached hydrogen (secondary N) is 1. The van der Waals surface area contributed by atoms with Crippen molar-refractivity contribution in [1.29, 1.82) is 0 Å². The summed E-state index contributed by atoms with van der Waals surface area (Å²) in [6, 6.07) is 7.57. The van der Waals surface area contributed by atoms with Crippen LogP contribution in [-0.4, -0.2) is 35.1 Å². The van der Waals surface area contributed by atoms with Gasteiger partial charge in [0.05, 0.1) is 5.69 Å². The van der Waals surface area contributed by atoms with Crippen molar-refractivity contribution >= 4 is 0 Å². The van der Waals surface area contributed by atoms with Gasteiger partial charge in [-0.1, -0.05) is 26.8 Å². The standard InChI is InChI=1S/C16H27N3/c1-5-14-10-19(16(9-17-14)12(2)3)11-15-8-6-7-13(4)18-15/h6-8,12,14,16-17H,5,9-11H2,1-4H3. The van der Waals surface area contributed by atoms with Crippen molar-refractivity contribution < 1.29 is 0 Å². The van der Waals surface area contributed by atoms with Gasteiger partial charge in [-0.25, -0.2) is 0 Å². The minimum Gasteiger partial charge on any atom is -0.311 e. The summed E-state index contributed by atoms with van der Waals surface area (Å²) in [5.74, 6) is 0.676. The summed E-state index contributed by atoms with van der Waals surface area (Å²) in [6.07, 6.45) is 1.20. The lowest BCUT2D eigenvalue weighted by molar-refractivity contribution is 0.0888. The van der Waals surface area contributed by atoms with Crippen molar-refractivity contribution in [3.63, 3.8) is 0 Å². The third kappa shape index (κ3) is 3.77. The predicted octanol–water partition coefficient (Wildman–Crippen LogP) is 2.60. The van der Waals surface area contributed by atoms with Crippen LogP contribution in [0.4, 0.5) is 0 Å². The molecule has 19 heavy (non-hydrogen) atoms. The molecule has 3 heteroatoms. The molecule has 106 valence electrons. The number of hydrogen-bond acceptors (Lipinski definition) is 3. The van der Waals surface area contributed by atoms with Crippen LogP contribution in [0.15, 0.2) is 18.2 Å². The second-order valence-corrected chi connectivity index (χ2v) is 6.02. The quantitative estimate of drug-likeness (QED) is 0.903. The average Bonchev–Trinajstić information content (AvgIpc) is 2.38. The van der Waals surface area contributed by atoms with Crippen molar-refractivity contribution in [3.05, 3.63) is 29.6 Å². The van der Waals surface area contributed by atoms with Crippen LogP contribution < -0.4 is 5.32 Å². The van der Waals surface area contributed by atoms with E-state index < -0.39 is 0 Å². The maximum Gasteiger partial charge on any atom is 0.0547 e. The Balaban J connectivity index is 2.09. The molecule has 1 fully saturated rings. The minimum atomic E-state index is 0.616. The van der Waals surface area contributed by atoms with Gasteiger partial charge in [0.15, 0.2) is 0 Å². The van der Waals surface area contributed by atoms with Crippen LogP contribution in [0.3, 0.4) is 0 Å². The Labute approximate surface area is 117 Å². The first-order chi connectivity index (χ1) is 9.10. The van der Waals surface area contributed by atoms with Gasteiger partial charge in [-0.2, -0.15) is 0 Å². The zero-order chi connectivity index (χ0) is 13.8. The Morgan fingerprint density at radius 1 is 1.42 bits per heavy atom. The van der Waals surface area contributed by atoms with Crippen molar-refractivity contribution in [2.75, 3.05) is 13.1 Å². The van der Waals surface area contributed by atoms with Gasteiger partial charge in [-0.15, -0.1) is 0 Å². The monoisotopic (exact) mass is 261 g/mol. The molecule has 2 heterocycles. The van der Waals surface area contributed by atoms with E-state index in [0.717, 1.165) is 25.3 Å². The summed E-state index contributed by atoms with van der Waals surface area (Å²) in [4.78, 5) is 7.26. The predicted molar refractivity (Wildman–Crippen MR) is 80.1 cm³/mol. The van der Waals surface area contributed by atoms with E-state index in [1.165, 1.54) is 12.1 Å². The molecule has 0 spiro atoms. The molecular weight excluding hydrogens is 234 g/mol. The normalized spacial score (nSPS) is 24.9. The fourth-order valence-electron chi connectivity index (χ4n) is 2.91. The maximum absolute atomic E-state index is 4.65. The molecule has 3 nitrogen and oxygen atoms in total. The molecule has 2 rings (SSSR count). The Morgan fingerprint density at radius 2 is 2.21 bits per heavy atom. The Morgan fingerprint density at radius 3 is 2.84 bits per heavy atom. The van der Waals surface area contributed by atoms with Crippen LogP contribution in [0.25, 0.3) is 0 Å². The van der Waals surface area contributed by atoms with E-state index in [-0.39, 0.29) is 0 Å². The molecule has 1 N–H and O–H groups in total. The number of hydrogen-bond donors (Lipinski definition) is 1. The summed E-state index contributed by atoms with van der Waals surface area (Å²) in [5.41, 5.74) is 2.31. The largest absolute Gasteiger partial charge is 0.311 e. The molecule has 1 aromatic rings. The fourth-order valence-corrected chi connectivity index (χ4v) is 2.91. The molecule has 0 radical (unpaired) electrons. The molecule has 1 aromatic heterocycles. The number of aromatic nitrogens is 1. The third-order valence-corrected chi connectivity index (χ3v) is 4.11. The summed E-state index contributed by atoms with van der Waals surface area (Å²) in [7, 11) is 0. The van der Waals surface area contributed by atoms with Gasteiger partial charge in [0.1, 0.15) is 0 Å². The van der Waals surface area contributed by atoms with Crippen molar-refractivity contribution in [2.45, 2.75) is 52.7 Å². The number of nitrogens with zero attached hydrogens (tertiary/aromatic N) is 2. The first kappa shape index (κ1) is 14.5. The van der Waals surface area contributed by atoms with Crippen LogP contribution in [0.1, 0.15) is 38.6 Å². The van der Waals surface area contributed by atoms with Crippen LogP contribution >= 0.6 is 0 Å². The second kappa shape index (κ2) is 6.49. The van der Waals surface area contributed by atoms with E-state index in [1.54, 1.807) is 0 Å². The minimum absolute atomic E-state index is 0.616. The fraction of sp³-hybridized carbons (Fsp3) is 0.688. The van der Waals surface area contributed by atoms with Gasteiger partial charge in [0, 0.05) is 37.4 Å². The molecule has 0 saturated carbocycles. The van der Waals surface area contributed by atoms with Gasteiger partial charge in [0.25, 0.3) is 0 Å². The van der Waals surface area contributed by atoms with Crippen LogP contribution in [-0.2, 0) is 6.54 Å². The molecule has 1 saturated heterocycles. The van der Waals surface area contributed by atoms with E-state index in [0.29, 0.717) is 18.0 Å². The molecule has 1 aliphatic rings. The zero-order valence-corrected chi connectivity index (χ0v) is 12.7. The van der Waals surface area contributed by atoms with E-state index >= 15 is 0 Å². The first-order valence-corrected chi connectivity index (χ1v) is 7.50. The van der Waals surface area contributed by atoms with Gasteiger partial charge in [-0.05, 0) is 31.4 Å².